The summed E-state index contributed by atoms with van der Waals surface area (Å²) in [6, 6.07) is 26.6. The van der Waals surface area contributed by atoms with Gasteiger partial charge in [-0.15, -0.1) is 0 Å². The topological polar surface area (TPSA) is 30.3 Å². The van der Waals surface area contributed by atoms with Crippen LogP contribution in [0.1, 0.15) is 28.7 Å². The van der Waals surface area contributed by atoms with E-state index in [4.69, 9.17) is 4.74 Å². The van der Waals surface area contributed by atoms with Crippen LogP contribution in [-0.4, -0.2) is 40.1 Å². The number of ether oxygens (including phenoxy) is 1. The Morgan fingerprint density at radius 2 is 1.77 bits per heavy atom. The van der Waals surface area contributed by atoms with E-state index in [-0.39, 0.29) is 5.41 Å². The lowest BCUT2D eigenvalue weighted by molar-refractivity contribution is 0.0844. The molecule has 1 saturated heterocycles. The van der Waals surface area contributed by atoms with Gasteiger partial charge in [0, 0.05) is 29.6 Å². The van der Waals surface area contributed by atoms with Crippen molar-refractivity contribution in [1.82, 2.24) is 14.7 Å². The summed E-state index contributed by atoms with van der Waals surface area (Å²) in [5, 5.41) is 5.85. The predicted octanol–water partition coefficient (Wildman–Crippen LogP) is 6.79. The molecule has 3 aromatic carbocycles. The molecule has 0 radical (unpaired) electrons. The second kappa shape index (κ2) is 11.5. The summed E-state index contributed by atoms with van der Waals surface area (Å²) in [6.45, 7) is 6.69. The molecule has 2 heterocycles. The van der Waals surface area contributed by atoms with Crippen molar-refractivity contribution in [2.75, 3.05) is 25.4 Å². The molecule has 0 spiro atoms. The van der Waals surface area contributed by atoms with Crippen LogP contribution >= 0.6 is 30.1 Å². The minimum Gasteiger partial charge on any atom is -0.358 e. The van der Waals surface area contributed by atoms with Crippen molar-refractivity contribution in [3.63, 3.8) is 0 Å². The number of hydrogen-bond donors (Lipinski definition) is 0. The molecular formula is C29H32IN3OS. The smallest absolute Gasteiger partial charge is 0.140 e. The molecule has 0 aliphatic carbocycles. The van der Waals surface area contributed by atoms with E-state index in [1.165, 1.54) is 27.6 Å². The lowest BCUT2D eigenvalue weighted by Crippen LogP contribution is -2.34. The molecule has 1 aliphatic heterocycles. The van der Waals surface area contributed by atoms with Gasteiger partial charge >= 0.3 is 0 Å². The number of rotatable bonds is 10. The molecular weight excluding hydrogens is 565 g/mol. The maximum absolute atomic E-state index is 5.83. The minimum absolute atomic E-state index is 0.0878. The molecule has 0 amide bonds. The molecule has 1 unspecified atom stereocenters. The van der Waals surface area contributed by atoms with Crippen molar-refractivity contribution in [1.29, 1.82) is 0 Å². The fourth-order valence-electron chi connectivity index (χ4n) is 5.53. The third-order valence-corrected chi connectivity index (χ3v) is 8.79. The number of benzene rings is 3. The molecule has 0 N–H and O–H groups in total. The SMILES string of the molecule is Cc1cc2c(cnn2COCCSI)cc1C1(Cc2ccccc2)CCN(Cc2ccccc2)C1. The molecule has 0 bridgehead atoms. The van der Waals surface area contributed by atoms with Gasteiger partial charge in [0.1, 0.15) is 6.73 Å². The quantitative estimate of drug-likeness (QED) is 0.149. The maximum atomic E-state index is 5.83. The second-order valence-electron chi connectivity index (χ2n) is 9.61. The van der Waals surface area contributed by atoms with Gasteiger partial charge in [0.15, 0.2) is 0 Å². The summed E-state index contributed by atoms with van der Waals surface area (Å²) < 4.78 is 7.82. The number of nitrogens with zero attached hydrogens (tertiary/aromatic N) is 3. The molecule has 4 aromatic rings. The largest absolute Gasteiger partial charge is 0.358 e. The zero-order valence-electron chi connectivity index (χ0n) is 20.2. The highest BCUT2D eigenvalue weighted by Crippen LogP contribution is 2.41. The van der Waals surface area contributed by atoms with Gasteiger partial charge in [0.05, 0.1) is 18.3 Å². The lowest BCUT2D eigenvalue weighted by Gasteiger charge is -2.32. The molecule has 0 saturated carbocycles. The van der Waals surface area contributed by atoms with E-state index in [0.29, 0.717) is 6.73 Å². The van der Waals surface area contributed by atoms with Crippen molar-refractivity contribution in [2.24, 2.45) is 0 Å². The zero-order chi connectivity index (χ0) is 24.1. The third kappa shape index (κ3) is 5.77. The first kappa shape index (κ1) is 24.8. The molecule has 4 nitrogen and oxygen atoms in total. The van der Waals surface area contributed by atoms with E-state index in [1.54, 1.807) is 8.93 Å². The Balaban J connectivity index is 1.45. The van der Waals surface area contributed by atoms with Gasteiger partial charge in [-0.2, -0.15) is 5.10 Å². The Labute approximate surface area is 224 Å². The van der Waals surface area contributed by atoms with Gasteiger partial charge in [-0.3, -0.25) is 4.90 Å². The van der Waals surface area contributed by atoms with Gasteiger partial charge in [-0.05, 0) is 81.9 Å². The molecule has 6 heteroatoms. The third-order valence-electron chi connectivity index (χ3n) is 7.14. The summed E-state index contributed by atoms with van der Waals surface area (Å²) >= 11 is 2.31. The van der Waals surface area contributed by atoms with Crippen LogP contribution in [0.5, 0.6) is 0 Å². The van der Waals surface area contributed by atoms with E-state index in [0.717, 1.165) is 50.4 Å². The first-order valence-electron chi connectivity index (χ1n) is 12.2. The maximum Gasteiger partial charge on any atom is 0.140 e. The van der Waals surface area contributed by atoms with E-state index in [1.807, 2.05) is 10.9 Å². The first-order chi connectivity index (χ1) is 17.2. The summed E-state index contributed by atoms with van der Waals surface area (Å²) in [4.78, 5) is 2.63. The highest BCUT2D eigenvalue weighted by molar-refractivity contribution is 14.2. The predicted molar refractivity (Wildman–Crippen MR) is 155 cm³/mol. The standard InChI is InChI=1S/C29H32IN3OS/c1-23-16-28-26(19-31-33(28)22-34-14-15-35-30)17-27(23)29(18-24-8-4-2-5-9-24)12-13-32(21-29)20-25-10-6-3-7-11-25/h2-11,16-17,19H,12-15,18,20-22H2,1H3. The van der Waals surface area contributed by atoms with E-state index >= 15 is 0 Å². The fourth-order valence-corrected chi connectivity index (χ4v) is 6.25. The molecule has 182 valence electrons. The lowest BCUT2D eigenvalue weighted by atomic mass is 9.73. The van der Waals surface area contributed by atoms with E-state index in [9.17, 15) is 0 Å². The molecule has 35 heavy (non-hydrogen) atoms. The van der Waals surface area contributed by atoms with Crippen molar-refractivity contribution >= 4 is 41.0 Å². The Morgan fingerprint density at radius 1 is 1.03 bits per heavy atom. The van der Waals surface area contributed by atoms with E-state index in [2.05, 4.69) is 111 Å². The van der Waals surface area contributed by atoms with Gasteiger partial charge < -0.3 is 4.74 Å². The first-order valence-corrected chi connectivity index (χ1v) is 15.8. The minimum atomic E-state index is 0.0878. The number of hydrogen-bond acceptors (Lipinski definition) is 4. The van der Waals surface area contributed by atoms with Crippen molar-refractivity contribution in [3.8, 4) is 0 Å². The number of aromatic nitrogens is 2. The molecule has 1 atom stereocenters. The van der Waals surface area contributed by atoms with Crippen LogP contribution in [0, 0.1) is 6.92 Å². The van der Waals surface area contributed by atoms with Gasteiger partial charge in [0.25, 0.3) is 0 Å². The van der Waals surface area contributed by atoms with Crippen LogP contribution in [0.2, 0.25) is 0 Å². The van der Waals surface area contributed by atoms with Crippen molar-refractivity contribution in [3.05, 3.63) is 101 Å². The summed E-state index contributed by atoms with van der Waals surface area (Å²) in [5.41, 5.74) is 6.85. The monoisotopic (exact) mass is 597 g/mol. The number of likely N-dealkylation sites (tertiary alicyclic amines) is 1. The van der Waals surface area contributed by atoms with Crippen molar-refractivity contribution < 1.29 is 4.74 Å². The zero-order valence-corrected chi connectivity index (χ0v) is 23.2. The average molecular weight is 598 g/mol. The highest BCUT2D eigenvalue weighted by atomic mass is 127. The molecule has 1 aromatic heterocycles. The second-order valence-corrected chi connectivity index (χ2v) is 12.1. The van der Waals surface area contributed by atoms with E-state index < -0.39 is 0 Å². The Morgan fingerprint density at radius 3 is 2.51 bits per heavy atom. The number of halogens is 1. The average Bonchev–Trinajstić information content (AvgIpc) is 3.46. The molecule has 1 fully saturated rings. The van der Waals surface area contributed by atoms with Crippen LogP contribution < -0.4 is 0 Å². The summed E-state index contributed by atoms with van der Waals surface area (Å²) in [7, 11) is 1.77. The van der Waals surface area contributed by atoms with Crippen LogP contribution in [-0.2, 0) is 29.8 Å². The van der Waals surface area contributed by atoms with Crippen LogP contribution in [0.4, 0.5) is 0 Å². The number of fused-ring (bicyclic) bond motifs is 1. The highest BCUT2D eigenvalue weighted by Gasteiger charge is 2.40. The Kier molecular flexibility index (Phi) is 8.12. The molecule has 1 aliphatic rings. The van der Waals surface area contributed by atoms with Crippen molar-refractivity contribution in [2.45, 2.75) is 38.5 Å². The Bertz CT molecular complexity index is 1250. The van der Waals surface area contributed by atoms with Gasteiger partial charge in [-0.1, -0.05) is 69.6 Å². The van der Waals surface area contributed by atoms with Crippen LogP contribution in [0.3, 0.4) is 0 Å². The molecule has 5 rings (SSSR count). The number of aryl methyl sites for hydroxylation is 1. The normalized spacial score (nSPS) is 18.5. The van der Waals surface area contributed by atoms with Gasteiger partial charge in [0.2, 0.25) is 0 Å². The Hall–Kier alpha value is -1.87. The summed E-state index contributed by atoms with van der Waals surface area (Å²) in [6.07, 6.45) is 4.21. The van der Waals surface area contributed by atoms with Gasteiger partial charge in [-0.25, -0.2) is 4.68 Å². The summed E-state index contributed by atoms with van der Waals surface area (Å²) in [5.74, 6) is 0.991. The van der Waals surface area contributed by atoms with Crippen LogP contribution in [0.25, 0.3) is 10.9 Å². The van der Waals surface area contributed by atoms with Crippen LogP contribution in [0.15, 0.2) is 79.0 Å². The fraction of sp³-hybridized carbons (Fsp3) is 0.345.